The van der Waals surface area contributed by atoms with Gasteiger partial charge >= 0.3 is 6.09 Å². The summed E-state index contributed by atoms with van der Waals surface area (Å²) < 4.78 is 16.1. The number of nitrogens with zero attached hydrogens (tertiary/aromatic N) is 3. The Labute approximate surface area is 192 Å². The van der Waals surface area contributed by atoms with E-state index in [-0.39, 0.29) is 6.09 Å². The van der Waals surface area contributed by atoms with Crippen molar-refractivity contribution in [2.24, 2.45) is 4.99 Å². The Morgan fingerprint density at radius 3 is 2.34 bits per heavy atom. The molecular weight excluding hydrogens is 410 g/mol. The molecule has 1 fully saturated rings. The van der Waals surface area contributed by atoms with Crippen molar-refractivity contribution in [3.05, 3.63) is 23.8 Å². The Hall–Kier alpha value is -2.68. The van der Waals surface area contributed by atoms with Gasteiger partial charge in [-0.2, -0.15) is 0 Å². The van der Waals surface area contributed by atoms with Gasteiger partial charge in [-0.3, -0.25) is 9.89 Å². The van der Waals surface area contributed by atoms with Crippen LogP contribution in [-0.4, -0.2) is 88.0 Å². The number of hydrogen-bond donors (Lipinski definition) is 2. The van der Waals surface area contributed by atoms with E-state index in [1.807, 2.05) is 39.0 Å². The summed E-state index contributed by atoms with van der Waals surface area (Å²) in [5.41, 5.74) is 0.625. The van der Waals surface area contributed by atoms with Crippen LogP contribution in [-0.2, 0) is 11.3 Å². The molecule has 2 rings (SSSR count). The minimum absolute atomic E-state index is 0.219. The first-order valence-electron chi connectivity index (χ1n) is 11.1. The summed E-state index contributed by atoms with van der Waals surface area (Å²) in [6.07, 6.45) is 0.770. The highest BCUT2D eigenvalue weighted by molar-refractivity contribution is 5.79. The zero-order valence-corrected chi connectivity index (χ0v) is 20.4. The average molecular weight is 450 g/mol. The van der Waals surface area contributed by atoms with Crippen LogP contribution in [0.25, 0.3) is 0 Å². The lowest BCUT2D eigenvalue weighted by Crippen LogP contribution is -2.50. The van der Waals surface area contributed by atoms with Gasteiger partial charge in [0.1, 0.15) is 5.60 Å². The zero-order chi connectivity index (χ0) is 23.6. The van der Waals surface area contributed by atoms with Crippen LogP contribution in [0.3, 0.4) is 0 Å². The van der Waals surface area contributed by atoms with Crippen molar-refractivity contribution in [2.45, 2.75) is 39.3 Å². The molecule has 0 aromatic heterocycles. The van der Waals surface area contributed by atoms with Gasteiger partial charge in [-0.15, -0.1) is 0 Å². The van der Waals surface area contributed by atoms with Gasteiger partial charge in [-0.1, -0.05) is 6.07 Å². The predicted molar refractivity (Wildman–Crippen MR) is 127 cm³/mol. The Balaban J connectivity index is 1.65. The molecule has 1 aromatic rings. The van der Waals surface area contributed by atoms with E-state index in [1.165, 1.54) is 0 Å². The number of carbonyl (C=O) groups excluding carboxylic acids is 1. The Kier molecular flexibility index (Phi) is 9.90. The van der Waals surface area contributed by atoms with Crippen molar-refractivity contribution in [3.8, 4) is 11.5 Å². The monoisotopic (exact) mass is 449 g/mol. The molecule has 180 valence electrons. The van der Waals surface area contributed by atoms with Gasteiger partial charge in [-0.05, 0) is 51.4 Å². The standard InChI is InChI=1S/C23H39N5O4/c1-23(2,3)32-22(29)28-14-12-27(13-15-28)11-7-10-25-21(24-4)26-17-18-8-9-19(30-5)20(16-18)31-6/h8-9,16H,7,10-15,17H2,1-6H3,(H2,24,25,26). The van der Waals surface area contributed by atoms with Crippen LogP contribution >= 0.6 is 0 Å². The first-order valence-corrected chi connectivity index (χ1v) is 11.1. The van der Waals surface area contributed by atoms with Gasteiger partial charge in [0.25, 0.3) is 0 Å². The summed E-state index contributed by atoms with van der Waals surface area (Å²) in [7, 11) is 5.02. The molecule has 1 aliphatic heterocycles. The molecule has 0 radical (unpaired) electrons. The Morgan fingerprint density at radius 2 is 1.75 bits per heavy atom. The van der Waals surface area contributed by atoms with Gasteiger partial charge in [0.2, 0.25) is 0 Å². The topological polar surface area (TPSA) is 87.7 Å². The molecule has 0 atom stereocenters. The molecule has 0 unspecified atom stereocenters. The van der Waals surface area contributed by atoms with Crippen LogP contribution < -0.4 is 20.1 Å². The van der Waals surface area contributed by atoms with E-state index in [1.54, 1.807) is 26.2 Å². The quantitative estimate of drug-likeness (QED) is 0.358. The van der Waals surface area contributed by atoms with Crippen molar-refractivity contribution in [3.63, 3.8) is 0 Å². The van der Waals surface area contributed by atoms with E-state index >= 15 is 0 Å². The maximum atomic E-state index is 12.2. The van der Waals surface area contributed by atoms with Gasteiger partial charge in [0, 0.05) is 46.3 Å². The number of hydrogen-bond acceptors (Lipinski definition) is 6. The van der Waals surface area contributed by atoms with Gasteiger partial charge < -0.3 is 29.7 Å². The molecule has 1 saturated heterocycles. The van der Waals surface area contributed by atoms with Crippen LogP contribution in [0.4, 0.5) is 4.79 Å². The van der Waals surface area contributed by atoms with Crippen molar-refractivity contribution < 1.29 is 19.0 Å². The minimum atomic E-state index is -0.452. The molecule has 2 N–H and O–H groups in total. The third-order valence-electron chi connectivity index (χ3n) is 5.10. The molecule has 0 aliphatic carbocycles. The summed E-state index contributed by atoms with van der Waals surface area (Å²) >= 11 is 0. The van der Waals surface area contributed by atoms with Crippen LogP contribution in [0.1, 0.15) is 32.8 Å². The largest absolute Gasteiger partial charge is 0.493 e. The smallest absolute Gasteiger partial charge is 0.410 e. The third kappa shape index (κ3) is 8.45. The summed E-state index contributed by atoms with van der Waals surface area (Å²) in [5, 5.41) is 6.68. The SMILES string of the molecule is CN=C(NCCCN1CCN(C(=O)OC(C)(C)C)CC1)NCc1ccc(OC)c(OC)c1. The van der Waals surface area contributed by atoms with E-state index in [0.717, 1.165) is 44.1 Å². The fraction of sp³-hybridized carbons (Fsp3) is 0.652. The van der Waals surface area contributed by atoms with Crippen LogP contribution in [0, 0.1) is 0 Å². The molecular formula is C23H39N5O4. The number of benzene rings is 1. The second-order valence-corrected chi connectivity index (χ2v) is 8.70. The number of carbonyl (C=O) groups is 1. The predicted octanol–water partition coefficient (Wildman–Crippen LogP) is 2.31. The normalized spacial score (nSPS) is 15.3. The van der Waals surface area contributed by atoms with Gasteiger partial charge in [0.15, 0.2) is 17.5 Å². The number of nitrogens with one attached hydrogen (secondary N) is 2. The van der Waals surface area contributed by atoms with Crippen molar-refractivity contribution in [2.75, 3.05) is 60.5 Å². The number of methoxy groups -OCH3 is 2. The van der Waals surface area contributed by atoms with Crippen molar-refractivity contribution in [1.82, 2.24) is 20.4 Å². The lowest BCUT2D eigenvalue weighted by atomic mass is 10.2. The van der Waals surface area contributed by atoms with Crippen LogP contribution in [0.15, 0.2) is 23.2 Å². The van der Waals surface area contributed by atoms with Crippen LogP contribution in [0.5, 0.6) is 11.5 Å². The average Bonchev–Trinajstić information content (AvgIpc) is 2.77. The highest BCUT2D eigenvalue weighted by Crippen LogP contribution is 2.27. The van der Waals surface area contributed by atoms with Crippen LogP contribution in [0.2, 0.25) is 0 Å². The van der Waals surface area contributed by atoms with Gasteiger partial charge in [-0.25, -0.2) is 4.79 Å². The van der Waals surface area contributed by atoms with E-state index in [2.05, 4.69) is 20.5 Å². The molecule has 1 amide bonds. The maximum absolute atomic E-state index is 12.2. The first kappa shape index (κ1) is 25.6. The summed E-state index contributed by atoms with van der Waals surface area (Å²) in [6, 6.07) is 5.85. The number of ether oxygens (including phenoxy) is 3. The molecule has 0 saturated carbocycles. The number of guanidine groups is 1. The molecule has 1 aromatic carbocycles. The Bertz CT molecular complexity index is 755. The molecule has 9 nitrogen and oxygen atoms in total. The molecule has 0 spiro atoms. The number of aliphatic imine (C=N–C) groups is 1. The highest BCUT2D eigenvalue weighted by atomic mass is 16.6. The molecule has 32 heavy (non-hydrogen) atoms. The highest BCUT2D eigenvalue weighted by Gasteiger charge is 2.25. The van der Waals surface area contributed by atoms with Crippen molar-refractivity contribution in [1.29, 1.82) is 0 Å². The molecule has 0 bridgehead atoms. The third-order valence-corrected chi connectivity index (χ3v) is 5.10. The summed E-state index contributed by atoms with van der Waals surface area (Å²) in [5.74, 6) is 2.18. The fourth-order valence-electron chi connectivity index (χ4n) is 3.39. The lowest BCUT2D eigenvalue weighted by Gasteiger charge is -2.35. The van der Waals surface area contributed by atoms with Gasteiger partial charge in [0.05, 0.1) is 14.2 Å². The summed E-state index contributed by atoms with van der Waals surface area (Å²) in [4.78, 5) is 20.6. The maximum Gasteiger partial charge on any atom is 0.410 e. The van der Waals surface area contributed by atoms with E-state index in [0.29, 0.717) is 31.1 Å². The zero-order valence-electron chi connectivity index (χ0n) is 20.4. The van der Waals surface area contributed by atoms with Crippen molar-refractivity contribution >= 4 is 12.1 Å². The Morgan fingerprint density at radius 1 is 1.06 bits per heavy atom. The second kappa shape index (κ2) is 12.4. The minimum Gasteiger partial charge on any atom is -0.493 e. The molecule has 1 heterocycles. The first-order chi connectivity index (χ1) is 15.3. The molecule has 1 aliphatic rings. The second-order valence-electron chi connectivity index (χ2n) is 8.70. The number of piperazine rings is 1. The van der Waals surface area contributed by atoms with E-state index in [9.17, 15) is 4.79 Å². The number of amides is 1. The fourth-order valence-corrected chi connectivity index (χ4v) is 3.39. The van der Waals surface area contributed by atoms with E-state index in [4.69, 9.17) is 14.2 Å². The van der Waals surface area contributed by atoms with E-state index < -0.39 is 5.60 Å². The summed E-state index contributed by atoms with van der Waals surface area (Å²) in [6.45, 7) is 11.2. The molecule has 9 heteroatoms. The lowest BCUT2D eigenvalue weighted by molar-refractivity contribution is 0.0145. The number of rotatable bonds is 8.